The van der Waals surface area contributed by atoms with Crippen molar-refractivity contribution < 1.29 is 19.4 Å². The zero-order valence-corrected chi connectivity index (χ0v) is 7.69. The fraction of sp³-hybridized carbons (Fsp3) is 0.400. The molecule has 0 spiro atoms. The Labute approximate surface area is 80.9 Å². The molecule has 1 fully saturated rings. The van der Waals surface area contributed by atoms with E-state index in [4.69, 9.17) is 9.84 Å². The van der Waals surface area contributed by atoms with E-state index in [-0.39, 0.29) is 17.1 Å². The molecule has 0 unspecified atom stereocenters. The van der Waals surface area contributed by atoms with E-state index >= 15 is 0 Å². The summed E-state index contributed by atoms with van der Waals surface area (Å²) in [5.41, 5.74) is 0.464. The number of carbonyl (C=O) groups excluding carboxylic acids is 2. The minimum atomic E-state index is -0.626. The number of allylic oxidation sites excluding steroid dienone is 2. The van der Waals surface area contributed by atoms with Crippen LogP contribution in [0.3, 0.4) is 0 Å². The molecule has 1 saturated heterocycles. The first-order valence-electron chi connectivity index (χ1n) is 4.41. The van der Waals surface area contributed by atoms with Gasteiger partial charge in [0.25, 0.3) is 0 Å². The van der Waals surface area contributed by atoms with Crippen molar-refractivity contribution >= 4 is 11.6 Å². The van der Waals surface area contributed by atoms with Crippen LogP contribution >= 0.6 is 0 Å². The molecular weight excluding hydrogens is 184 g/mol. The summed E-state index contributed by atoms with van der Waals surface area (Å²) in [7, 11) is 0. The highest BCUT2D eigenvalue weighted by Gasteiger charge is 2.55. The van der Waals surface area contributed by atoms with Gasteiger partial charge in [-0.25, -0.2) is 0 Å². The van der Waals surface area contributed by atoms with Crippen LogP contribution in [0.1, 0.15) is 6.92 Å². The Morgan fingerprint density at radius 1 is 1.36 bits per heavy atom. The monoisotopic (exact) mass is 194 g/mol. The van der Waals surface area contributed by atoms with Crippen molar-refractivity contribution in [3.8, 4) is 0 Å². The fourth-order valence-electron chi connectivity index (χ4n) is 1.63. The Morgan fingerprint density at radius 3 is 2.57 bits per heavy atom. The maximum Gasteiger partial charge on any atom is 0.195 e. The molecule has 0 saturated carbocycles. The third-order valence-electron chi connectivity index (χ3n) is 2.39. The highest BCUT2D eigenvalue weighted by atomic mass is 16.6. The molecule has 1 aliphatic carbocycles. The predicted octanol–water partition coefficient (Wildman–Crippen LogP) is -0.229. The molecule has 14 heavy (non-hydrogen) atoms. The SMILES string of the molecule is C/C=C/C1=C(CO)C(=O)[C@@H]2O[C@@H]2C1=O. The maximum atomic E-state index is 11.6. The molecule has 4 nitrogen and oxygen atoms in total. The smallest absolute Gasteiger partial charge is 0.195 e. The van der Waals surface area contributed by atoms with Gasteiger partial charge in [0.05, 0.1) is 6.61 Å². The van der Waals surface area contributed by atoms with E-state index in [1.807, 2.05) is 0 Å². The Kier molecular flexibility index (Phi) is 2.09. The van der Waals surface area contributed by atoms with Gasteiger partial charge in [-0.05, 0) is 6.92 Å². The second kappa shape index (κ2) is 3.15. The molecular formula is C10H10O4. The number of hydrogen-bond donors (Lipinski definition) is 1. The van der Waals surface area contributed by atoms with Crippen LogP contribution in [0.2, 0.25) is 0 Å². The number of aliphatic hydroxyl groups is 1. The van der Waals surface area contributed by atoms with E-state index in [0.29, 0.717) is 5.57 Å². The van der Waals surface area contributed by atoms with Crippen molar-refractivity contribution in [3.05, 3.63) is 23.3 Å². The molecule has 0 amide bonds. The van der Waals surface area contributed by atoms with Gasteiger partial charge < -0.3 is 9.84 Å². The molecule has 1 aliphatic heterocycles. The normalized spacial score (nSPS) is 31.3. The Morgan fingerprint density at radius 2 is 2.00 bits per heavy atom. The average molecular weight is 194 g/mol. The van der Waals surface area contributed by atoms with E-state index < -0.39 is 18.8 Å². The lowest BCUT2D eigenvalue weighted by Crippen LogP contribution is -2.28. The molecule has 2 aliphatic rings. The Balaban J connectivity index is 2.46. The van der Waals surface area contributed by atoms with Gasteiger partial charge >= 0.3 is 0 Å². The first-order valence-corrected chi connectivity index (χ1v) is 4.41. The second-order valence-corrected chi connectivity index (χ2v) is 3.26. The van der Waals surface area contributed by atoms with Gasteiger partial charge in [0, 0.05) is 11.1 Å². The van der Waals surface area contributed by atoms with Crippen molar-refractivity contribution in [2.24, 2.45) is 0 Å². The van der Waals surface area contributed by atoms with Crippen molar-refractivity contribution in [2.45, 2.75) is 19.1 Å². The third kappa shape index (κ3) is 1.15. The molecule has 0 aromatic rings. The average Bonchev–Trinajstić information content (AvgIpc) is 2.94. The number of fused-ring (bicyclic) bond motifs is 1. The van der Waals surface area contributed by atoms with Crippen LogP contribution in [0.25, 0.3) is 0 Å². The highest BCUT2D eigenvalue weighted by molar-refractivity contribution is 6.20. The Bertz CT molecular complexity index is 364. The Hall–Kier alpha value is -1.26. The molecule has 4 heteroatoms. The summed E-state index contributed by atoms with van der Waals surface area (Å²) < 4.78 is 4.93. The van der Waals surface area contributed by atoms with Crippen molar-refractivity contribution in [3.63, 3.8) is 0 Å². The minimum absolute atomic E-state index is 0.173. The highest BCUT2D eigenvalue weighted by Crippen LogP contribution is 2.35. The van der Waals surface area contributed by atoms with Crippen molar-refractivity contribution in [2.75, 3.05) is 6.61 Å². The first kappa shape index (κ1) is 9.30. The quantitative estimate of drug-likeness (QED) is 0.616. The molecule has 0 aromatic heterocycles. The van der Waals surface area contributed by atoms with Gasteiger partial charge in [-0.15, -0.1) is 0 Å². The molecule has 2 rings (SSSR count). The number of rotatable bonds is 2. The van der Waals surface area contributed by atoms with Gasteiger partial charge in [-0.1, -0.05) is 12.2 Å². The molecule has 0 aromatic carbocycles. The van der Waals surface area contributed by atoms with Gasteiger partial charge in [-0.2, -0.15) is 0 Å². The summed E-state index contributed by atoms with van der Waals surface area (Å²) in [6.07, 6.45) is 1.99. The van der Waals surface area contributed by atoms with Gasteiger partial charge in [-0.3, -0.25) is 9.59 Å². The van der Waals surface area contributed by atoms with Crippen LogP contribution < -0.4 is 0 Å². The van der Waals surface area contributed by atoms with E-state index in [9.17, 15) is 9.59 Å². The van der Waals surface area contributed by atoms with Crippen LogP contribution in [0.4, 0.5) is 0 Å². The summed E-state index contributed by atoms with van der Waals surface area (Å²) in [5.74, 6) is -0.457. The van der Waals surface area contributed by atoms with Crippen LogP contribution in [0, 0.1) is 0 Å². The summed E-state index contributed by atoms with van der Waals surface area (Å²) in [6, 6.07) is 0. The van der Waals surface area contributed by atoms with Crippen molar-refractivity contribution in [1.82, 2.24) is 0 Å². The van der Waals surface area contributed by atoms with Gasteiger partial charge in [0.2, 0.25) is 0 Å². The first-order chi connectivity index (χ1) is 6.70. The lowest BCUT2D eigenvalue weighted by molar-refractivity contribution is -0.120. The number of ketones is 2. The van der Waals surface area contributed by atoms with Gasteiger partial charge in [0.15, 0.2) is 23.8 Å². The minimum Gasteiger partial charge on any atom is -0.392 e. The van der Waals surface area contributed by atoms with Crippen LogP contribution in [-0.2, 0) is 14.3 Å². The van der Waals surface area contributed by atoms with Gasteiger partial charge in [0.1, 0.15) is 0 Å². The fourth-order valence-corrected chi connectivity index (χ4v) is 1.63. The maximum absolute atomic E-state index is 11.6. The summed E-state index contributed by atoms with van der Waals surface area (Å²) in [6.45, 7) is 1.34. The van der Waals surface area contributed by atoms with Crippen LogP contribution in [-0.4, -0.2) is 35.5 Å². The second-order valence-electron chi connectivity index (χ2n) is 3.26. The van der Waals surface area contributed by atoms with Crippen LogP contribution in [0.5, 0.6) is 0 Å². The number of hydrogen-bond acceptors (Lipinski definition) is 4. The molecule has 2 atom stereocenters. The number of carbonyl (C=O) groups is 2. The lowest BCUT2D eigenvalue weighted by atomic mass is 9.90. The molecule has 0 radical (unpaired) electrons. The molecule has 1 N–H and O–H groups in total. The molecule has 74 valence electrons. The zero-order chi connectivity index (χ0) is 10.3. The summed E-state index contributed by atoms with van der Waals surface area (Å²) in [5, 5.41) is 8.99. The van der Waals surface area contributed by atoms with Crippen LogP contribution in [0.15, 0.2) is 23.3 Å². The molecule has 1 heterocycles. The third-order valence-corrected chi connectivity index (χ3v) is 2.39. The zero-order valence-electron chi connectivity index (χ0n) is 7.69. The summed E-state index contributed by atoms with van der Waals surface area (Å²) >= 11 is 0. The van der Waals surface area contributed by atoms with E-state index in [1.54, 1.807) is 19.1 Å². The largest absolute Gasteiger partial charge is 0.392 e. The van der Waals surface area contributed by atoms with Crippen molar-refractivity contribution in [1.29, 1.82) is 0 Å². The standard InChI is InChI=1S/C10H10O4/c1-2-3-5-6(4-11)8(13)10-9(14-10)7(5)12/h2-3,9-11H,4H2,1H3/b3-2+/t9-,10+/m1/s1. The molecule has 0 bridgehead atoms. The topological polar surface area (TPSA) is 66.9 Å². The summed E-state index contributed by atoms with van der Waals surface area (Å²) in [4.78, 5) is 23.1. The number of aliphatic hydroxyl groups excluding tert-OH is 1. The van der Waals surface area contributed by atoms with E-state index in [0.717, 1.165) is 0 Å². The van der Waals surface area contributed by atoms with E-state index in [1.165, 1.54) is 0 Å². The number of Topliss-reactive ketones (excluding diaryl/α,β-unsaturated/α-hetero) is 2. The van der Waals surface area contributed by atoms with E-state index in [2.05, 4.69) is 0 Å². The number of epoxide rings is 1. The predicted molar refractivity (Wildman–Crippen MR) is 47.6 cm³/mol. The lowest BCUT2D eigenvalue weighted by Gasteiger charge is -2.10. The number of ether oxygens (including phenoxy) is 1.